The standard InChI is InChI=1S/C29H36N6O3/c1-20-15-32-26-8-7-24(14-25(20)26)17-33-27(36)19-35-18-21(2)34-28(29(35)37)31-10-9-22-5-4-6-23(13-22)16-30-11-12-38-3/h4-8,13-15,18,30,32H,9-12,16-17,19H2,1-3H3,(H,31,34)(H,33,36). The minimum atomic E-state index is -0.314. The largest absolute Gasteiger partial charge is 0.383 e. The van der Waals surface area contributed by atoms with E-state index in [0.29, 0.717) is 25.4 Å². The summed E-state index contributed by atoms with van der Waals surface area (Å²) in [6.07, 6.45) is 4.33. The average Bonchev–Trinajstić information content (AvgIpc) is 3.28. The first kappa shape index (κ1) is 27.1. The molecule has 9 nitrogen and oxygen atoms in total. The number of amides is 1. The predicted octanol–water partition coefficient (Wildman–Crippen LogP) is 3.05. The molecule has 4 aromatic rings. The summed E-state index contributed by atoms with van der Waals surface area (Å²) in [5.74, 6) is 0.0223. The minimum Gasteiger partial charge on any atom is -0.383 e. The molecule has 4 rings (SSSR count). The number of aromatic nitrogens is 3. The normalized spacial score (nSPS) is 11.1. The quantitative estimate of drug-likeness (QED) is 0.203. The molecule has 38 heavy (non-hydrogen) atoms. The van der Waals surface area contributed by atoms with Crippen molar-refractivity contribution in [1.29, 1.82) is 0 Å². The van der Waals surface area contributed by atoms with Gasteiger partial charge in [-0.25, -0.2) is 4.98 Å². The van der Waals surface area contributed by atoms with E-state index in [0.717, 1.165) is 41.5 Å². The van der Waals surface area contributed by atoms with E-state index in [9.17, 15) is 9.59 Å². The highest BCUT2D eigenvalue weighted by Crippen LogP contribution is 2.18. The summed E-state index contributed by atoms with van der Waals surface area (Å²) >= 11 is 0. The van der Waals surface area contributed by atoms with Gasteiger partial charge in [0.15, 0.2) is 5.82 Å². The molecule has 0 unspecified atom stereocenters. The molecule has 0 spiro atoms. The molecule has 0 aliphatic heterocycles. The maximum Gasteiger partial charge on any atom is 0.293 e. The molecular formula is C29H36N6O3. The number of rotatable bonds is 13. The summed E-state index contributed by atoms with van der Waals surface area (Å²) in [7, 11) is 1.69. The number of anilines is 1. The van der Waals surface area contributed by atoms with E-state index in [1.54, 1.807) is 13.3 Å². The van der Waals surface area contributed by atoms with Gasteiger partial charge in [0.25, 0.3) is 5.56 Å². The molecule has 0 atom stereocenters. The van der Waals surface area contributed by atoms with Gasteiger partial charge in [0, 0.05) is 56.6 Å². The van der Waals surface area contributed by atoms with Crippen molar-refractivity contribution in [3.8, 4) is 0 Å². The third-order valence-corrected chi connectivity index (χ3v) is 6.36. The fraction of sp³-hybridized carbons (Fsp3) is 0.345. The van der Waals surface area contributed by atoms with Gasteiger partial charge in [-0.3, -0.25) is 9.59 Å². The van der Waals surface area contributed by atoms with E-state index in [1.165, 1.54) is 15.7 Å². The molecular weight excluding hydrogens is 480 g/mol. The Balaban J connectivity index is 1.31. The molecule has 200 valence electrons. The number of aromatic amines is 1. The molecule has 0 radical (unpaired) electrons. The van der Waals surface area contributed by atoms with Gasteiger partial charge in [-0.15, -0.1) is 0 Å². The highest BCUT2D eigenvalue weighted by atomic mass is 16.5. The Kier molecular flexibility index (Phi) is 9.29. The molecule has 0 aliphatic rings. The van der Waals surface area contributed by atoms with Crippen LogP contribution in [-0.2, 0) is 35.6 Å². The second kappa shape index (κ2) is 13.0. The fourth-order valence-electron chi connectivity index (χ4n) is 4.36. The molecule has 9 heteroatoms. The first-order chi connectivity index (χ1) is 18.4. The van der Waals surface area contributed by atoms with Crippen molar-refractivity contribution in [2.75, 3.05) is 32.1 Å². The van der Waals surface area contributed by atoms with Crippen LogP contribution < -0.4 is 21.5 Å². The van der Waals surface area contributed by atoms with Crippen molar-refractivity contribution in [3.05, 3.63) is 93.2 Å². The summed E-state index contributed by atoms with van der Waals surface area (Å²) in [4.78, 5) is 33.2. The average molecular weight is 517 g/mol. The first-order valence-electron chi connectivity index (χ1n) is 12.9. The first-order valence-corrected chi connectivity index (χ1v) is 12.9. The molecule has 0 bridgehead atoms. The third kappa shape index (κ3) is 7.30. The van der Waals surface area contributed by atoms with Gasteiger partial charge in [0.05, 0.1) is 12.3 Å². The molecule has 0 saturated heterocycles. The van der Waals surface area contributed by atoms with Crippen LogP contribution in [0.5, 0.6) is 0 Å². The number of aryl methyl sites for hydroxylation is 2. The summed E-state index contributed by atoms with van der Waals surface area (Å²) in [5.41, 5.74) is 5.95. The number of methoxy groups -OCH3 is 1. The van der Waals surface area contributed by atoms with E-state index >= 15 is 0 Å². The topological polar surface area (TPSA) is 113 Å². The lowest BCUT2D eigenvalue weighted by atomic mass is 10.1. The van der Waals surface area contributed by atoms with Gasteiger partial charge in [-0.05, 0) is 54.7 Å². The second-order valence-corrected chi connectivity index (χ2v) is 9.46. The van der Waals surface area contributed by atoms with E-state index in [2.05, 4.69) is 50.2 Å². The number of hydrogen-bond donors (Lipinski definition) is 4. The zero-order valence-electron chi connectivity index (χ0n) is 22.3. The van der Waals surface area contributed by atoms with Crippen molar-refractivity contribution in [2.45, 2.75) is 39.9 Å². The summed E-state index contributed by atoms with van der Waals surface area (Å²) in [6.45, 7) is 6.99. The Labute approximate surface area is 222 Å². The van der Waals surface area contributed by atoms with Crippen LogP contribution in [-0.4, -0.2) is 47.2 Å². The van der Waals surface area contributed by atoms with Gasteiger partial charge >= 0.3 is 0 Å². The maximum absolute atomic E-state index is 13.0. The molecule has 0 saturated carbocycles. The van der Waals surface area contributed by atoms with Crippen molar-refractivity contribution in [2.24, 2.45) is 0 Å². The van der Waals surface area contributed by atoms with Crippen LogP contribution in [0.4, 0.5) is 5.82 Å². The van der Waals surface area contributed by atoms with Crippen LogP contribution in [0.1, 0.15) is 27.9 Å². The number of carbonyl (C=O) groups is 1. The second-order valence-electron chi connectivity index (χ2n) is 9.46. The van der Waals surface area contributed by atoms with Crippen LogP contribution in [0.15, 0.2) is 59.7 Å². The molecule has 2 aromatic heterocycles. The minimum absolute atomic E-state index is 0.0690. The third-order valence-electron chi connectivity index (χ3n) is 6.36. The van der Waals surface area contributed by atoms with E-state index in [1.807, 2.05) is 38.2 Å². The van der Waals surface area contributed by atoms with Crippen molar-refractivity contribution in [1.82, 2.24) is 25.2 Å². The Hall–Kier alpha value is -3.95. The number of nitrogens with one attached hydrogen (secondary N) is 4. The van der Waals surface area contributed by atoms with Gasteiger partial charge in [-0.1, -0.05) is 30.3 Å². The number of hydrogen-bond acceptors (Lipinski definition) is 6. The number of ether oxygens (including phenoxy) is 1. The van der Waals surface area contributed by atoms with Crippen molar-refractivity contribution >= 4 is 22.6 Å². The Morgan fingerprint density at radius 2 is 1.87 bits per heavy atom. The lowest BCUT2D eigenvalue weighted by Gasteiger charge is -2.12. The van der Waals surface area contributed by atoms with Gasteiger partial charge in [0.2, 0.25) is 5.91 Å². The smallest absolute Gasteiger partial charge is 0.293 e. The highest BCUT2D eigenvalue weighted by molar-refractivity contribution is 5.83. The van der Waals surface area contributed by atoms with Crippen LogP contribution in [0, 0.1) is 13.8 Å². The summed E-state index contributed by atoms with van der Waals surface area (Å²) in [6, 6.07) is 14.4. The van der Waals surface area contributed by atoms with E-state index in [4.69, 9.17) is 4.74 Å². The molecule has 0 fully saturated rings. The van der Waals surface area contributed by atoms with Gasteiger partial charge < -0.3 is 30.2 Å². The number of carbonyl (C=O) groups excluding carboxylic acids is 1. The molecule has 4 N–H and O–H groups in total. The van der Waals surface area contributed by atoms with Crippen LogP contribution >= 0.6 is 0 Å². The summed E-state index contributed by atoms with van der Waals surface area (Å²) < 4.78 is 6.47. The SMILES string of the molecule is COCCNCc1cccc(CCNc2nc(C)cn(CC(=O)NCc3ccc4[nH]cc(C)c4c3)c2=O)c1. The van der Waals surface area contributed by atoms with Crippen LogP contribution in [0.25, 0.3) is 10.9 Å². The van der Waals surface area contributed by atoms with Crippen LogP contribution in [0.3, 0.4) is 0 Å². The number of benzene rings is 2. The van der Waals surface area contributed by atoms with Gasteiger partial charge in [0.1, 0.15) is 6.54 Å². The fourth-order valence-corrected chi connectivity index (χ4v) is 4.36. The van der Waals surface area contributed by atoms with E-state index in [-0.39, 0.29) is 23.8 Å². The van der Waals surface area contributed by atoms with E-state index < -0.39 is 0 Å². The zero-order chi connectivity index (χ0) is 26.9. The Morgan fingerprint density at radius 3 is 2.71 bits per heavy atom. The number of nitrogens with zero attached hydrogens (tertiary/aromatic N) is 2. The number of H-pyrrole nitrogens is 1. The monoisotopic (exact) mass is 516 g/mol. The van der Waals surface area contributed by atoms with Crippen LogP contribution in [0.2, 0.25) is 0 Å². The van der Waals surface area contributed by atoms with Crippen molar-refractivity contribution < 1.29 is 9.53 Å². The lowest BCUT2D eigenvalue weighted by molar-refractivity contribution is -0.121. The molecule has 1 amide bonds. The van der Waals surface area contributed by atoms with Gasteiger partial charge in [-0.2, -0.15) is 0 Å². The summed E-state index contributed by atoms with van der Waals surface area (Å²) in [5, 5.41) is 10.6. The number of fused-ring (bicyclic) bond motifs is 1. The molecule has 2 heterocycles. The predicted molar refractivity (Wildman–Crippen MR) is 150 cm³/mol. The lowest BCUT2D eigenvalue weighted by Crippen LogP contribution is -2.33. The maximum atomic E-state index is 13.0. The molecule has 0 aliphatic carbocycles. The highest BCUT2D eigenvalue weighted by Gasteiger charge is 2.11. The molecule has 2 aromatic carbocycles. The zero-order valence-corrected chi connectivity index (χ0v) is 22.3. The van der Waals surface area contributed by atoms with Crippen molar-refractivity contribution in [3.63, 3.8) is 0 Å². The Bertz CT molecular complexity index is 1440. The Morgan fingerprint density at radius 1 is 1.05 bits per heavy atom.